The fourth-order valence-corrected chi connectivity index (χ4v) is 0.883. The van der Waals surface area contributed by atoms with E-state index in [9.17, 15) is 4.39 Å². The SMILES string of the molecule is CCCC[C@@H](F)CCC. The zero-order valence-corrected chi connectivity index (χ0v) is 6.49. The molecule has 0 nitrogen and oxygen atoms in total. The summed E-state index contributed by atoms with van der Waals surface area (Å²) < 4.78 is 12.6. The summed E-state index contributed by atoms with van der Waals surface area (Å²) in [6.07, 6.45) is 4.12. The maximum absolute atomic E-state index is 12.6. The third-order valence-corrected chi connectivity index (χ3v) is 1.47. The van der Waals surface area contributed by atoms with Crippen LogP contribution in [0.1, 0.15) is 46.0 Å². The van der Waals surface area contributed by atoms with Gasteiger partial charge >= 0.3 is 0 Å². The Kier molecular flexibility index (Phi) is 6.01. The van der Waals surface area contributed by atoms with Crippen LogP contribution in [0.3, 0.4) is 0 Å². The molecule has 56 valence electrons. The van der Waals surface area contributed by atoms with E-state index in [0.29, 0.717) is 0 Å². The fourth-order valence-electron chi connectivity index (χ4n) is 0.883. The van der Waals surface area contributed by atoms with E-state index in [1.807, 2.05) is 6.92 Å². The molecule has 0 amide bonds. The van der Waals surface area contributed by atoms with Crippen LogP contribution >= 0.6 is 0 Å². The van der Waals surface area contributed by atoms with Gasteiger partial charge in [0.1, 0.15) is 6.17 Å². The Morgan fingerprint density at radius 3 is 2.22 bits per heavy atom. The molecule has 0 rings (SSSR count). The number of alkyl halides is 1. The molecule has 0 N–H and O–H groups in total. The lowest BCUT2D eigenvalue weighted by Crippen LogP contribution is -1.97. The Morgan fingerprint density at radius 2 is 1.78 bits per heavy atom. The Morgan fingerprint density at radius 1 is 1.11 bits per heavy atom. The van der Waals surface area contributed by atoms with Gasteiger partial charge in [0.2, 0.25) is 0 Å². The van der Waals surface area contributed by atoms with E-state index in [1.165, 1.54) is 0 Å². The largest absolute Gasteiger partial charge is 0.247 e. The van der Waals surface area contributed by atoms with Gasteiger partial charge in [-0.15, -0.1) is 0 Å². The number of hydrogen-bond donors (Lipinski definition) is 0. The second kappa shape index (κ2) is 6.06. The first-order chi connectivity index (χ1) is 4.31. The van der Waals surface area contributed by atoms with Crippen LogP contribution in [0.2, 0.25) is 0 Å². The number of rotatable bonds is 5. The fraction of sp³-hybridized carbons (Fsp3) is 1.00. The van der Waals surface area contributed by atoms with Gasteiger partial charge in [-0.05, 0) is 12.8 Å². The topological polar surface area (TPSA) is 0 Å². The van der Waals surface area contributed by atoms with Crippen molar-refractivity contribution >= 4 is 0 Å². The molecule has 9 heavy (non-hydrogen) atoms. The molecule has 0 saturated heterocycles. The zero-order valence-electron chi connectivity index (χ0n) is 6.49. The van der Waals surface area contributed by atoms with Gasteiger partial charge in [0, 0.05) is 0 Å². The minimum atomic E-state index is -0.532. The van der Waals surface area contributed by atoms with Crippen molar-refractivity contribution < 1.29 is 4.39 Å². The summed E-state index contributed by atoms with van der Waals surface area (Å²) in [5, 5.41) is 0. The first-order valence-electron chi connectivity index (χ1n) is 3.95. The van der Waals surface area contributed by atoms with Crippen LogP contribution in [0.25, 0.3) is 0 Å². The molecule has 0 radical (unpaired) electrons. The number of hydrogen-bond acceptors (Lipinski definition) is 0. The van der Waals surface area contributed by atoms with Gasteiger partial charge in [-0.2, -0.15) is 0 Å². The van der Waals surface area contributed by atoms with Crippen molar-refractivity contribution in [2.75, 3.05) is 0 Å². The first-order valence-corrected chi connectivity index (χ1v) is 3.95. The van der Waals surface area contributed by atoms with E-state index >= 15 is 0 Å². The highest BCUT2D eigenvalue weighted by Gasteiger charge is 2.01. The molecular weight excluding hydrogens is 115 g/mol. The third-order valence-electron chi connectivity index (χ3n) is 1.47. The quantitative estimate of drug-likeness (QED) is 0.538. The molecule has 0 heterocycles. The molecule has 0 aromatic rings. The summed E-state index contributed by atoms with van der Waals surface area (Å²) in [4.78, 5) is 0. The standard InChI is InChI=1S/C8H17F/c1-3-5-7-8(9)6-4-2/h8H,3-7H2,1-2H3/t8-/m0/s1. The molecule has 0 aliphatic carbocycles. The Hall–Kier alpha value is -0.0700. The molecule has 1 heteroatoms. The molecule has 0 aromatic carbocycles. The first kappa shape index (κ1) is 8.93. The van der Waals surface area contributed by atoms with Crippen molar-refractivity contribution in [3.05, 3.63) is 0 Å². The van der Waals surface area contributed by atoms with Crippen molar-refractivity contribution in [2.24, 2.45) is 0 Å². The maximum atomic E-state index is 12.6. The van der Waals surface area contributed by atoms with Crippen molar-refractivity contribution in [2.45, 2.75) is 52.1 Å². The minimum absolute atomic E-state index is 0.532. The van der Waals surface area contributed by atoms with Gasteiger partial charge in [0.05, 0.1) is 0 Å². The summed E-state index contributed by atoms with van der Waals surface area (Å²) >= 11 is 0. The molecular formula is C8H17F. The average Bonchev–Trinajstić information content (AvgIpc) is 1.85. The lowest BCUT2D eigenvalue weighted by molar-refractivity contribution is 0.288. The normalized spacial score (nSPS) is 13.7. The van der Waals surface area contributed by atoms with E-state index in [-0.39, 0.29) is 0 Å². The molecule has 1 atom stereocenters. The molecule has 0 spiro atoms. The monoisotopic (exact) mass is 132 g/mol. The molecule has 0 aliphatic heterocycles. The van der Waals surface area contributed by atoms with Gasteiger partial charge in [-0.3, -0.25) is 0 Å². The second-order valence-corrected chi connectivity index (χ2v) is 2.53. The predicted octanol–water partition coefficient (Wildman–Crippen LogP) is 3.31. The Balaban J connectivity index is 2.95. The highest BCUT2D eigenvalue weighted by atomic mass is 19.1. The van der Waals surface area contributed by atoms with Crippen LogP contribution in [0.15, 0.2) is 0 Å². The van der Waals surface area contributed by atoms with Crippen molar-refractivity contribution in [1.29, 1.82) is 0 Å². The van der Waals surface area contributed by atoms with E-state index in [0.717, 1.165) is 32.1 Å². The van der Waals surface area contributed by atoms with Crippen LogP contribution in [-0.4, -0.2) is 6.17 Å². The minimum Gasteiger partial charge on any atom is -0.247 e. The second-order valence-electron chi connectivity index (χ2n) is 2.53. The summed E-state index contributed by atoms with van der Waals surface area (Å²) in [6, 6.07) is 0. The van der Waals surface area contributed by atoms with Crippen LogP contribution in [-0.2, 0) is 0 Å². The third kappa shape index (κ3) is 5.81. The summed E-state index contributed by atoms with van der Waals surface area (Å²) in [5.41, 5.74) is 0. The van der Waals surface area contributed by atoms with E-state index in [2.05, 4.69) is 6.92 Å². The predicted molar refractivity (Wildman–Crippen MR) is 39.3 cm³/mol. The van der Waals surface area contributed by atoms with E-state index in [4.69, 9.17) is 0 Å². The highest BCUT2D eigenvalue weighted by Crippen LogP contribution is 2.09. The number of unbranched alkanes of at least 4 members (excludes halogenated alkanes) is 1. The van der Waals surface area contributed by atoms with Crippen molar-refractivity contribution in [3.8, 4) is 0 Å². The molecule has 0 bridgehead atoms. The van der Waals surface area contributed by atoms with Crippen LogP contribution < -0.4 is 0 Å². The molecule has 0 saturated carbocycles. The van der Waals surface area contributed by atoms with Gasteiger partial charge < -0.3 is 0 Å². The van der Waals surface area contributed by atoms with Gasteiger partial charge in [-0.25, -0.2) is 4.39 Å². The van der Waals surface area contributed by atoms with Crippen LogP contribution in [0, 0.1) is 0 Å². The van der Waals surface area contributed by atoms with Gasteiger partial charge in [0.25, 0.3) is 0 Å². The van der Waals surface area contributed by atoms with Crippen molar-refractivity contribution in [3.63, 3.8) is 0 Å². The highest BCUT2D eigenvalue weighted by molar-refractivity contribution is 4.53. The molecule has 0 aliphatic rings. The van der Waals surface area contributed by atoms with E-state index in [1.54, 1.807) is 0 Å². The number of halogens is 1. The summed E-state index contributed by atoms with van der Waals surface area (Å²) in [6.45, 7) is 4.12. The summed E-state index contributed by atoms with van der Waals surface area (Å²) in [7, 11) is 0. The van der Waals surface area contributed by atoms with Gasteiger partial charge in [-0.1, -0.05) is 33.1 Å². The molecule has 0 unspecified atom stereocenters. The Labute approximate surface area is 57.5 Å². The average molecular weight is 132 g/mol. The lowest BCUT2D eigenvalue weighted by Gasteiger charge is -2.03. The summed E-state index contributed by atoms with van der Waals surface area (Å²) in [5.74, 6) is 0. The molecule has 0 aromatic heterocycles. The lowest BCUT2D eigenvalue weighted by atomic mass is 10.1. The van der Waals surface area contributed by atoms with Crippen LogP contribution in [0.5, 0.6) is 0 Å². The smallest absolute Gasteiger partial charge is 0.100 e. The maximum Gasteiger partial charge on any atom is 0.100 e. The van der Waals surface area contributed by atoms with E-state index < -0.39 is 6.17 Å². The van der Waals surface area contributed by atoms with Gasteiger partial charge in [0.15, 0.2) is 0 Å². The van der Waals surface area contributed by atoms with Crippen LogP contribution in [0.4, 0.5) is 4.39 Å². The zero-order chi connectivity index (χ0) is 7.11. The van der Waals surface area contributed by atoms with Crippen molar-refractivity contribution in [1.82, 2.24) is 0 Å². The Bertz CT molecular complexity index is 52.5. The molecule has 0 fully saturated rings.